The van der Waals surface area contributed by atoms with Gasteiger partial charge in [0.15, 0.2) is 0 Å². The predicted octanol–water partition coefficient (Wildman–Crippen LogP) is 4.35. The maximum absolute atomic E-state index is 15.2. The molecule has 9 nitrogen and oxygen atoms in total. The van der Waals surface area contributed by atoms with Crippen LogP contribution in [-0.2, 0) is 11.3 Å². The number of likely N-dealkylation sites (tertiary alicyclic amines) is 1. The number of morpholine rings is 1. The highest BCUT2D eigenvalue weighted by molar-refractivity contribution is 7.99. The smallest absolute Gasteiger partial charge is 0.237 e. The average Bonchev–Trinajstić information content (AvgIpc) is 2.93. The normalized spacial score (nSPS) is 17.5. The molecule has 1 aromatic carbocycles. The van der Waals surface area contributed by atoms with Gasteiger partial charge in [-0.05, 0) is 69.5 Å². The van der Waals surface area contributed by atoms with E-state index in [4.69, 9.17) is 19.4 Å². The van der Waals surface area contributed by atoms with Crippen molar-refractivity contribution in [3.63, 3.8) is 0 Å². The molecule has 210 valence electrons. The number of fused-ring (bicyclic) bond motifs is 1. The van der Waals surface area contributed by atoms with Crippen molar-refractivity contribution in [3.05, 3.63) is 35.8 Å². The van der Waals surface area contributed by atoms with Gasteiger partial charge in [-0.15, -0.1) is 0 Å². The monoisotopic (exact) mass is 556 g/mol. The summed E-state index contributed by atoms with van der Waals surface area (Å²) in [6, 6.07) is 5.04. The number of hydrogen-bond acceptors (Lipinski definition) is 10. The summed E-state index contributed by atoms with van der Waals surface area (Å²) in [5.74, 6) is 1.01. The van der Waals surface area contributed by atoms with Crippen molar-refractivity contribution in [2.24, 2.45) is 5.92 Å². The third-order valence-corrected chi connectivity index (χ3v) is 8.06. The highest BCUT2D eigenvalue weighted by atomic mass is 32.2. The predicted molar refractivity (Wildman–Crippen MR) is 154 cm³/mol. The van der Waals surface area contributed by atoms with Crippen molar-refractivity contribution in [2.45, 2.75) is 38.8 Å². The van der Waals surface area contributed by atoms with E-state index in [1.54, 1.807) is 19.4 Å². The van der Waals surface area contributed by atoms with Gasteiger partial charge in [-0.1, -0.05) is 11.9 Å². The van der Waals surface area contributed by atoms with Gasteiger partial charge in [0.25, 0.3) is 0 Å². The Labute approximate surface area is 233 Å². The molecule has 4 heterocycles. The molecule has 2 saturated heterocycles. The minimum atomic E-state index is -0.691. The molecule has 39 heavy (non-hydrogen) atoms. The van der Waals surface area contributed by atoms with Gasteiger partial charge in [-0.25, -0.2) is 19.3 Å². The zero-order valence-electron chi connectivity index (χ0n) is 23.0. The van der Waals surface area contributed by atoms with E-state index >= 15 is 4.39 Å². The molecule has 3 aromatic rings. The molecule has 0 bridgehead atoms. The number of hydrogen-bond donors (Lipinski definition) is 2. The standard InChI is InChI=1S/C28H37FN6O3S/c1-28(2,36)20-5-7-34(8-6-20)17-19-13-21(29)15-22-24(18-14-23(33-39-4)26(37-3)30-16-18)31-27(32-25(19)22)35-9-11-38-12-10-35/h13-16,20,33,36H,5-12,17H2,1-4H3. The van der Waals surface area contributed by atoms with E-state index in [1.165, 1.54) is 18.0 Å². The second-order valence-electron chi connectivity index (χ2n) is 10.7. The number of nitrogens with zero attached hydrogens (tertiary/aromatic N) is 5. The van der Waals surface area contributed by atoms with Gasteiger partial charge in [0.2, 0.25) is 11.8 Å². The van der Waals surface area contributed by atoms with Crippen LogP contribution in [0.3, 0.4) is 0 Å². The Hall–Kier alpha value is -2.73. The SMILES string of the molecule is COc1ncc(-c2nc(N3CCOCC3)nc3c(CN4CCC(C(C)(C)O)CC4)cc(F)cc23)cc1NSC. The number of anilines is 2. The van der Waals surface area contributed by atoms with Crippen LogP contribution in [0.4, 0.5) is 16.0 Å². The lowest BCUT2D eigenvalue weighted by Gasteiger charge is -2.37. The van der Waals surface area contributed by atoms with Crippen LogP contribution >= 0.6 is 11.9 Å². The number of benzene rings is 1. The Bertz CT molecular complexity index is 1310. The van der Waals surface area contributed by atoms with Gasteiger partial charge in [0.05, 0.1) is 37.1 Å². The lowest BCUT2D eigenvalue weighted by Crippen LogP contribution is -2.41. The van der Waals surface area contributed by atoms with E-state index in [0.717, 1.165) is 42.6 Å². The van der Waals surface area contributed by atoms with Gasteiger partial charge in [0, 0.05) is 43.0 Å². The number of aliphatic hydroxyl groups is 1. The fourth-order valence-corrected chi connectivity index (χ4v) is 5.83. The second kappa shape index (κ2) is 11.8. The molecule has 0 amide bonds. The first-order valence-corrected chi connectivity index (χ1v) is 14.6. The fraction of sp³-hybridized carbons (Fsp3) is 0.536. The number of methoxy groups -OCH3 is 1. The largest absolute Gasteiger partial charge is 0.480 e. The van der Waals surface area contributed by atoms with E-state index in [-0.39, 0.29) is 11.7 Å². The van der Waals surface area contributed by atoms with Crippen LogP contribution in [0.25, 0.3) is 22.2 Å². The van der Waals surface area contributed by atoms with Crippen LogP contribution in [0.5, 0.6) is 5.88 Å². The molecule has 11 heteroatoms. The molecule has 2 aliphatic rings. The molecule has 0 aliphatic carbocycles. The van der Waals surface area contributed by atoms with Crippen LogP contribution in [0.15, 0.2) is 24.4 Å². The number of rotatable bonds is 8. The molecule has 0 spiro atoms. The second-order valence-corrected chi connectivity index (χ2v) is 11.3. The van der Waals surface area contributed by atoms with E-state index in [1.807, 2.05) is 26.2 Å². The lowest BCUT2D eigenvalue weighted by molar-refractivity contribution is -0.0135. The zero-order valence-corrected chi connectivity index (χ0v) is 23.9. The molecule has 0 unspecified atom stereocenters. The van der Waals surface area contributed by atoms with Crippen LogP contribution in [0, 0.1) is 11.7 Å². The Morgan fingerprint density at radius 3 is 2.56 bits per heavy atom. The van der Waals surface area contributed by atoms with Crippen LogP contribution < -0.4 is 14.4 Å². The molecule has 0 atom stereocenters. The summed E-state index contributed by atoms with van der Waals surface area (Å²) in [6.45, 7) is 8.61. The van der Waals surface area contributed by atoms with Crippen LogP contribution in [0.1, 0.15) is 32.3 Å². The molecule has 2 aliphatic heterocycles. The minimum Gasteiger partial charge on any atom is -0.480 e. The molecule has 0 saturated carbocycles. The quantitative estimate of drug-likeness (QED) is 0.390. The molecule has 5 rings (SSSR count). The summed E-state index contributed by atoms with van der Waals surface area (Å²) in [5, 5.41) is 11.1. The van der Waals surface area contributed by atoms with E-state index in [2.05, 4.69) is 19.5 Å². The molecular weight excluding hydrogens is 519 g/mol. The Kier molecular flexibility index (Phi) is 8.41. The first-order chi connectivity index (χ1) is 18.8. The molecule has 0 radical (unpaired) electrons. The molecule has 2 aromatic heterocycles. The van der Waals surface area contributed by atoms with Gasteiger partial charge in [-0.3, -0.25) is 4.90 Å². The number of piperidine rings is 1. The first kappa shape index (κ1) is 27.8. The van der Waals surface area contributed by atoms with Crippen molar-refractivity contribution in [3.8, 4) is 17.1 Å². The molecular formula is C28H37FN6O3S. The van der Waals surface area contributed by atoms with Crippen molar-refractivity contribution < 1.29 is 19.0 Å². The number of halogens is 1. The highest BCUT2D eigenvalue weighted by Crippen LogP contribution is 2.36. The third-order valence-electron chi connectivity index (χ3n) is 7.64. The lowest BCUT2D eigenvalue weighted by atomic mass is 9.83. The van der Waals surface area contributed by atoms with Crippen molar-refractivity contribution in [2.75, 3.05) is 62.4 Å². The maximum Gasteiger partial charge on any atom is 0.237 e. The Morgan fingerprint density at radius 1 is 1.15 bits per heavy atom. The summed E-state index contributed by atoms with van der Waals surface area (Å²) >= 11 is 1.44. The molecule has 2 N–H and O–H groups in total. The Balaban J connectivity index is 1.58. The summed E-state index contributed by atoms with van der Waals surface area (Å²) in [6.07, 6.45) is 5.44. The van der Waals surface area contributed by atoms with Crippen molar-refractivity contribution in [1.82, 2.24) is 19.9 Å². The first-order valence-electron chi connectivity index (χ1n) is 13.4. The highest BCUT2D eigenvalue weighted by Gasteiger charge is 2.31. The average molecular weight is 557 g/mol. The van der Waals surface area contributed by atoms with E-state index in [0.29, 0.717) is 61.4 Å². The number of aromatic nitrogens is 3. The van der Waals surface area contributed by atoms with Crippen LogP contribution in [0.2, 0.25) is 0 Å². The number of pyridine rings is 1. The summed E-state index contributed by atoms with van der Waals surface area (Å²) in [4.78, 5) is 18.9. The summed E-state index contributed by atoms with van der Waals surface area (Å²) in [5.41, 5.74) is 2.97. The minimum absolute atomic E-state index is 0.256. The third kappa shape index (κ3) is 6.21. The van der Waals surface area contributed by atoms with Crippen molar-refractivity contribution >= 4 is 34.5 Å². The van der Waals surface area contributed by atoms with Gasteiger partial charge in [0.1, 0.15) is 11.5 Å². The van der Waals surface area contributed by atoms with Gasteiger partial charge in [-0.2, -0.15) is 0 Å². The maximum atomic E-state index is 15.2. The van der Waals surface area contributed by atoms with E-state index < -0.39 is 5.60 Å². The molecule has 2 fully saturated rings. The number of ether oxygens (including phenoxy) is 2. The zero-order chi connectivity index (χ0) is 27.6. The van der Waals surface area contributed by atoms with Crippen LogP contribution in [-0.4, -0.2) is 83.3 Å². The Morgan fingerprint density at radius 2 is 1.90 bits per heavy atom. The van der Waals surface area contributed by atoms with Gasteiger partial charge >= 0.3 is 0 Å². The summed E-state index contributed by atoms with van der Waals surface area (Å²) < 4.78 is 29.4. The fourth-order valence-electron chi connectivity index (χ4n) is 5.46. The topological polar surface area (TPSA) is 95.9 Å². The van der Waals surface area contributed by atoms with Crippen molar-refractivity contribution in [1.29, 1.82) is 0 Å². The van der Waals surface area contributed by atoms with Gasteiger partial charge < -0.3 is 24.2 Å². The van der Waals surface area contributed by atoms with E-state index in [9.17, 15) is 5.11 Å². The summed E-state index contributed by atoms with van der Waals surface area (Å²) in [7, 11) is 1.58. The number of nitrogens with one attached hydrogen (secondary N) is 1.